The molecule has 3 rings (SSSR count). The van der Waals surface area contributed by atoms with E-state index in [1.165, 1.54) is 17.5 Å². The van der Waals surface area contributed by atoms with Crippen LogP contribution in [0.1, 0.15) is 17.5 Å². The van der Waals surface area contributed by atoms with Gasteiger partial charge >= 0.3 is 6.03 Å². The molecule has 0 aromatic heterocycles. The van der Waals surface area contributed by atoms with Crippen LogP contribution in [0.25, 0.3) is 0 Å². The summed E-state index contributed by atoms with van der Waals surface area (Å²) in [5.41, 5.74) is 3.37. The van der Waals surface area contributed by atoms with E-state index < -0.39 is 0 Å². The number of ether oxygens (including phenoxy) is 3. The zero-order valence-corrected chi connectivity index (χ0v) is 15.1. The molecule has 2 aromatic rings. The maximum absolute atomic E-state index is 12.0. The summed E-state index contributed by atoms with van der Waals surface area (Å²) < 4.78 is 16.1. The van der Waals surface area contributed by atoms with Crippen molar-refractivity contribution in [3.63, 3.8) is 0 Å². The SMILES string of the molecule is COc1ccc(NC(=O)NCCOc2ccc3c(c2)CCC3)c(OC)c1. The van der Waals surface area contributed by atoms with Gasteiger partial charge in [-0.15, -0.1) is 0 Å². The smallest absolute Gasteiger partial charge is 0.319 e. The zero-order chi connectivity index (χ0) is 18.4. The van der Waals surface area contributed by atoms with Crippen molar-refractivity contribution in [3.05, 3.63) is 47.5 Å². The van der Waals surface area contributed by atoms with Crippen LogP contribution in [0.3, 0.4) is 0 Å². The summed E-state index contributed by atoms with van der Waals surface area (Å²) in [6.45, 7) is 0.813. The van der Waals surface area contributed by atoms with Crippen LogP contribution in [0.4, 0.5) is 10.5 Å². The molecular formula is C20H24N2O4. The van der Waals surface area contributed by atoms with Gasteiger partial charge in [0.1, 0.15) is 23.9 Å². The molecular weight excluding hydrogens is 332 g/mol. The van der Waals surface area contributed by atoms with Crippen LogP contribution in [-0.4, -0.2) is 33.4 Å². The van der Waals surface area contributed by atoms with Crippen molar-refractivity contribution >= 4 is 11.7 Å². The molecule has 0 spiro atoms. The normalized spacial score (nSPS) is 12.2. The van der Waals surface area contributed by atoms with Gasteiger partial charge in [-0.05, 0) is 54.7 Å². The monoisotopic (exact) mass is 356 g/mol. The Kier molecular flexibility index (Phi) is 5.84. The molecule has 0 unspecified atom stereocenters. The van der Waals surface area contributed by atoms with Gasteiger partial charge in [0.15, 0.2) is 0 Å². The fourth-order valence-corrected chi connectivity index (χ4v) is 3.04. The van der Waals surface area contributed by atoms with Gasteiger partial charge in [-0.2, -0.15) is 0 Å². The number of nitrogens with one attached hydrogen (secondary N) is 2. The highest BCUT2D eigenvalue weighted by atomic mass is 16.5. The lowest BCUT2D eigenvalue weighted by atomic mass is 10.1. The zero-order valence-electron chi connectivity index (χ0n) is 15.1. The number of amides is 2. The molecule has 6 heteroatoms. The number of carbonyl (C=O) groups is 1. The van der Waals surface area contributed by atoms with Gasteiger partial charge in [0, 0.05) is 6.07 Å². The molecule has 0 heterocycles. The van der Waals surface area contributed by atoms with Gasteiger partial charge in [-0.25, -0.2) is 4.79 Å². The quantitative estimate of drug-likeness (QED) is 0.746. The lowest BCUT2D eigenvalue weighted by Gasteiger charge is -2.13. The molecule has 2 N–H and O–H groups in total. The van der Waals surface area contributed by atoms with Crippen molar-refractivity contribution in [3.8, 4) is 17.2 Å². The van der Waals surface area contributed by atoms with Gasteiger partial charge in [0.2, 0.25) is 0 Å². The summed E-state index contributed by atoms with van der Waals surface area (Å²) in [7, 11) is 3.12. The second-order valence-corrected chi connectivity index (χ2v) is 6.08. The van der Waals surface area contributed by atoms with Gasteiger partial charge < -0.3 is 24.8 Å². The van der Waals surface area contributed by atoms with Crippen molar-refractivity contribution in [2.75, 3.05) is 32.7 Å². The number of benzene rings is 2. The number of aryl methyl sites for hydroxylation is 2. The van der Waals surface area contributed by atoms with E-state index >= 15 is 0 Å². The first kappa shape index (κ1) is 17.9. The minimum Gasteiger partial charge on any atom is -0.497 e. The summed E-state index contributed by atoms with van der Waals surface area (Å²) >= 11 is 0. The lowest BCUT2D eigenvalue weighted by Crippen LogP contribution is -2.32. The van der Waals surface area contributed by atoms with E-state index in [-0.39, 0.29) is 6.03 Å². The highest BCUT2D eigenvalue weighted by Gasteiger charge is 2.11. The third kappa shape index (κ3) is 4.39. The second-order valence-electron chi connectivity index (χ2n) is 6.08. The third-order valence-corrected chi connectivity index (χ3v) is 4.38. The predicted molar refractivity (Wildman–Crippen MR) is 101 cm³/mol. The van der Waals surface area contributed by atoms with Crippen molar-refractivity contribution in [2.24, 2.45) is 0 Å². The summed E-state index contributed by atoms with van der Waals surface area (Å²) in [6, 6.07) is 11.1. The van der Waals surface area contributed by atoms with E-state index in [0.29, 0.717) is 30.3 Å². The summed E-state index contributed by atoms with van der Waals surface area (Å²) in [4.78, 5) is 12.0. The number of anilines is 1. The van der Waals surface area contributed by atoms with Crippen LogP contribution in [0.15, 0.2) is 36.4 Å². The molecule has 26 heavy (non-hydrogen) atoms. The molecule has 2 aromatic carbocycles. The van der Waals surface area contributed by atoms with Crippen molar-refractivity contribution in [1.29, 1.82) is 0 Å². The molecule has 0 radical (unpaired) electrons. The molecule has 1 aliphatic rings. The molecule has 0 aliphatic heterocycles. The number of urea groups is 1. The maximum atomic E-state index is 12.0. The molecule has 2 amide bonds. The van der Waals surface area contributed by atoms with Crippen LogP contribution in [0, 0.1) is 0 Å². The summed E-state index contributed by atoms with van der Waals surface area (Å²) in [6.07, 6.45) is 3.50. The van der Waals surface area contributed by atoms with Crippen LogP contribution in [0.2, 0.25) is 0 Å². The Morgan fingerprint density at radius 3 is 2.62 bits per heavy atom. The molecule has 0 bridgehead atoms. The molecule has 1 aliphatic carbocycles. The first-order chi connectivity index (χ1) is 12.7. The first-order valence-electron chi connectivity index (χ1n) is 8.71. The van der Waals surface area contributed by atoms with Crippen LogP contribution < -0.4 is 24.8 Å². The predicted octanol–water partition coefficient (Wildman–Crippen LogP) is 3.39. The average Bonchev–Trinajstić information content (AvgIpc) is 3.13. The molecule has 0 atom stereocenters. The first-order valence-corrected chi connectivity index (χ1v) is 8.71. The van der Waals surface area contributed by atoms with Gasteiger partial charge in [0.05, 0.1) is 26.5 Å². The van der Waals surface area contributed by atoms with E-state index in [4.69, 9.17) is 14.2 Å². The highest BCUT2D eigenvalue weighted by molar-refractivity contribution is 5.91. The van der Waals surface area contributed by atoms with Crippen LogP contribution in [-0.2, 0) is 12.8 Å². The van der Waals surface area contributed by atoms with E-state index in [1.54, 1.807) is 32.4 Å². The Morgan fingerprint density at radius 2 is 1.81 bits per heavy atom. The number of hydrogen-bond acceptors (Lipinski definition) is 4. The summed E-state index contributed by atoms with van der Waals surface area (Å²) in [5.74, 6) is 2.05. The van der Waals surface area contributed by atoms with E-state index in [2.05, 4.69) is 22.8 Å². The number of rotatable bonds is 7. The van der Waals surface area contributed by atoms with Gasteiger partial charge in [-0.1, -0.05) is 6.07 Å². The van der Waals surface area contributed by atoms with Crippen molar-refractivity contribution in [1.82, 2.24) is 5.32 Å². The maximum Gasteiger partial charge on any atom is 0.319 e. The molecule has 0 fully saturated rings. The Hall–Kier alpha value is -2.89. The standard InChI is InChI=1S/C20H24N2O4/c1-24-16-8-9-18(19(13-16)25-2)22-20(23)21-10-11-26-17-7-6-14-4-3-5-15(14)12-17/h6-9,12-13H,3-5,10-11H2,1-2H3,(H2,21,22,23). The Bertz CT molecular complexity index is 776. The Morgan fingerprint density at radius 1 is 1.00 bits per heavy atom. The van der Waals surface area contributed by atoms with E-state index in [9.17, 15) is 4.79 Å². The Labute approximate surface area is 153 Å². The third-order valence-electron chi connectivity index (χ3n) is 4.38. The number of hydrogen-bond donors (Lipinski definition) is 2. The van der Waals surface area contributed by atoms with Gasteiger partial charge in [-0.3, -0.25) is 0 Å². The number of methoxy groups -OCH3 is 2. The topological polar surface area (TPSA) is 68.8 Å². The highest BCUT2D eigenvalue weighted by Crippen LogP contribution is 2.29. The molecule has 0 saturated carbocycles. The molecule has 6 nitrogen and oxygen atoms in total. The van der Waals surface area contributed by atoms with Crippen LogP contribution in [0.5, 0.6) is 17.2 Å². The number of fused-ring (bicyclic) bond motifs is 1. The van der Waals surface area contributed by atoms with Crippen molar-refractivity contribution in [2.45, 2.75) is 19.3 Å². The average molecular weight is 356 g/mol. The second kappa shape index (κ2) is 8.47. The molecule has 138 valence electrons. The fraction of sp³-hybridized carbons (Fsp3) is 0.350. The van der Waals surface area contributed by atoms with E-state index in [0.717, 1.165) is 18.6 Å². The van der Waals surface area contributed by atoms with Gasteiger partial charge in [0.25, 0.3) is 0 Å². The minimum absolute atomic E-state index is 0.314. The van der Waals surface area contributed by atoms with Crippen LogP contribution >= 0.6 is 0 Å². The number of carbonyl (C=O) groups excluding carboxylic acids is 1. The van der Waals surface area contributed by atoms with E-state index in [1.807, 2.05) is 6.07 Å². The fourth-order valence-electron chi connectivity index (χ4n) is 3.04. The lowest BCUT2D eigenvalue weighted by molar-refractivity contribution is 0.247. The Balaban J connectivity index is 1.44. The van der Waals surface area contributed by atoms with Crippen molar-refractivity contribution < 1.29 is 19.0 Å². The minimum atomic E-state index is -0.314. The largest absolute Gasteiger partial charge is 0.497 e. The molecule has 0 saturated heterocycles. The summed E-state index contributed by atoms with van der Waals surface area (Å²) in [5, 5.41) is 5.53.